The molecule has 2 amide bonds. The van der Waals surface area contributed by atoms with Gasteiger partial charge in [0.1, 0.15) is 0 Å². The molecule has 3 rings (SSSR count). The standard InChI is InChI=1S/C20H23N3O6S/c1-2-28-17-6-3-4-7-18(17)29-14-19(24)21-22-20(25)15-8-10-16(11-9-15)23-12-5-13-30(23,26)27/h3-4,6-11H,2,5,12-14H2,1H3,(H,21,24)(H,22,25). The molecule has 1 fully saturated rings. The lowest BCUT2D eigenvalue weighted by molar-refractivity contribution is -0.123. The average molecular weight is 433 g/mol. The Morgan fingerprint density at radius 3 is 2.27 bits per heavy atom. The third-order valence-corrected chi connectivity index (χ3v) is 6.21. The highest BCUT2D eigenvalue weighted by Gasteiger charge is 2.28. The van der Waals surface area contributed by atoms with Crippen molar-refractivity contribution in [2.45, 2.75) is 13.3 Å². The van der Waals surface area contributed by atoms with Gasteiger partial charge in [0.05, 0.1) is 18.0 Å². The summed E-state index contributed by atoms with van der Waals surface area (Å²) in [6, 6.07) is 13.1. The van der Waals surface area contributed by atoms with E-state index in [2.05, 4.69) is 10.9 Å². The summed E-state index contributed by atoms with van der Waals surface area (Å²) in [5.74, 6) is -0.00758. The molecule has 2 N–H and O–H groups in total. The third-order valence-electron chi connectivity index (χ3n) is 4.34. The predicted molar refractivity (Wildman–Crippen MR) is 111 cm³/mol. The number of nitrogens with zero attached hydrogens (tertiary/aromatic N) is 1. The highest BCUT2D eigenvalue weighted by atomic mass is 32.2. The third kappa shape index (κ3) is 5.20. The lowest BCUT2D eigenvalue weighted by Crippen LogP contribution is -2.43. The largest absolute Gasteiger partial charge is 0.490 e. The van der Waals surface area contributed by atoms with Gasteiger partial charge in [-0.1, -0.05) is 12.1 Å². The molecule has 1 aliphatic rings. The SMILES string of the molecule is CCOc1ccccc1OCC(=O)NNC(=O)c1ccc(N2CCCS2(=O)=O)cc1. The number of sulfonamides is 1. The maximum atomic E-state index is 12.2. The van der Waals surface area contributed by atoms with Crippen molar-refractivity contribution in [3.05, 3.63) is 54.1 Å². The molecule has 30 heavy (non-hydrogen) atoms. The van der Waals surface area contributed by atoms with Gasteiger partial charge < -0.3 is 9.47 Å². The number of hydrogen-bond acceptors (Lipinski definition) is 6. The zero-order chi connectivity index (χ0) is 21.6. The van der Waals surface area contributed by atoms with Crippen LogP contribution in [0.1, 0.15) is 23.7 Å². The van der Waals surface area contributed by atoms with Crippen LogP contribution in [0.15, 0.2) is 48.5 Å². The van der Waals surface area contributed by atoms with Crippen LogP contribution in [0.3, 0.4) is 0 Å². The van der Waals surface area contributed by atoms with Gasteiger partial charge >= 0.3 is 0 Å². The van der Waals surface area contributed by atoms with Crippen LogP contribution < -0.4 is 24.6 Å². The molecule has 1 aliphatic heterocycles. The molecule has 0 radical (unpaired) electrons. The van der Waals surface area contributed by atoms with E-state index in [-0.39, 0.29) is 17.9 Å². The molecule has 0 bridgehead atoms. The van der Waals surface area contributed by atoms with Crippen LogP contribution in [0.4, 0.5) is 5.69 Å². The quantitative estimate of drug-likeness (QED) is 0.639. The first-order valence-electron chi connectivity index (χ1n) is 9.45. The van der Waals surface area contributed by atoms with Gasteiger partial charge in [-0.05, 0) is 49.7 Å². The first kappa shape index (κ1) is 21.4. The van der Waals surface area contributed by atoms with Crippen LogP contribution in [0, 0.1) is 0 Å². The summed E-state index contributed by atoms with van der Waals surface area (Å²) in [5, 5.41) is 0. The van der Waals surface area contributed by atoms with Gasteiger partial charge in [0.2, 0.25) is 10.0 Å². The van der Waals surface area contributed by atoms with E-state index in [1.54, 1.807) is 36.4 Å². The van der Waals surface area contributed by atoms with Gasteiger partial charge in [0, 0.05) is 12.1 Å². The van der Waals surface area contributed by atoms with E-state index in [4.69, 9.17) is 9.47 Å². The summed E-state index contributed by atoms with van der Waals surface area (Å²) >= 11 is 0. The maximum Gasteiger partial charge on any atom is 0.276 e. The minimum Gasteiger partial charge on any atom is -0.490 e. The second-order valence-electron chi connectivity index (χ2n) is 6.46. The number of amides is 2. The van der Waals surface area contributed by atoms with Crippen molar-refractivity contribution in [1.82, 2.24) is 10.9 Å². The van der Waals surface area contributed by atoms with Crippen molar-refractivity contribution in [1.29, 1.82) is 0 Å². The first-order chi connectivity index (χ1) is 14.4. The van der Waals surface area contributed by atoms with E-state index in [0.717, 1.165) is 0 Å². The zero-order valence-corrected chi connectivity index (χ0v) is 17.3. The fourth-order valence-electron chi connectivity index (χ4n) is 2.93. The number of hydrogen-bond donors (Lipinski definition) is 2. The normalized spacial score (nSPS) is 14.8. The van der Waals surface area contributed by atoms with E-state index in [9.17, 15) is 18.0 Å². The number of carbonyl (C=O) groups is 2. The highest BCUT2D eigenvalue weighted by molar-refractivity contribution is 7.93. The minimum atomic E-state index is -3.28. The van der Waals surface area contributed by atoms with Gasteiger partial charge in [0.15, 0.2) is 18.1 Å². The van der Waals surface area contributed by atoms with Gasteiger partial charge in [-0.2, -0.15) is 0 Å². The predicted octanol–water partition coefficient (Wildman–Crippen LogP) is 1.47. The van der Waals surface area contributed by atoms with Crippen LogP contribution in [-0.2, 0) is 14.8 Å². The number of benzene rings is 2. The number of nitrogens with one attached hydrogen (secondary N) is 2. The highest BCUT2D eigenvalue weighted by Crippen LogP contribution is 2.26. The van der Waals surface area contributed by atoms with E-state index >= 15 is 0 Å². The molecule has 160 valence electrons. The van der Waals surface area contributed by atoms with E-state index in [1.807, 2.05) is 6.92 Å². The number of anilines is 1. The molecule has 10 heteroatoms. The molecule has 0 unspecified atom stereocenters. The van der Waals surface area contributed by atoms with Crippen LogP contribution in [0.5, 0.6) is 11.5 Å². The van der Waals surface area contributed by atoms with Crippen LogP contribution in [-0.4, -0.2) is 45.7 Å². The van der Waals surface area contributed by atoms with Gasteiger partial charge in [-0.3, -0.25) is 24.7 Å². The summed E-state index contributed by atoms with van der Waals surface area (Å²) < 4.78 is 36.1. The van der Waals surface area contributed by atoms with Crippen molar-refractivity contribution >= 4 is 27.5 Å². The summed E-state index contributed by atoms with van der Waals surface area (Å²) in [5.41, 5.74) is 5.36. The zero-order valence-electron chi connectivity index (χ0n) is 16.5. The van der Waals surface area contributed by atoms with Gasteiger partial charge in [-0.25, -0.2) is 8.42 Å². The average Bonchev–Trinajstić information content (AvgIpc) is 3.10. The molecular weight excluding hydrogens is 410 g/mol. The molecule has 0 aliphatic carbocycles. The van der Waals surface area contributed by atoms with E-state index in [0.29, 0.717) is 36.8 Å². The number of hydrazine groups is 1. The Labute approximate surface area is 175 Å². The lowest BCUT2D eigenvalue weighted by Gasteiger charge is -2.17. The van der Waals surface area contributed by atoms with Crippen molar-refractivity contribution < 1.29 is 27.5 Å². The second-order valence-corrected chi connectivity index (χ2v) is 8.47. The van der Waals surface area contributed by atoms with Gasteiger partial charge in [-0.15, -0.1) is 0 Å². The van der Waals surface area contributed by atoms with Crippen LogP contribution >= 0.6 is 0 Å². The molecule has 1 heterocycles. The van der Waals surface area contributed by atoms with Crippen molar-refractivity contribution in [2.75, 3.05) is 29.8 Å². The number of carbonyl (C=O) groups excluding carboxylic acids is 2. The fourth-order valence-corrected chi connectivity index (χ4v) is 4.50. The smallest absolute Gasteiger partial charge is 0.276 e. The molecule has 1 saturated heterocycles. The molecule has 9 nitrogen and oxygen atoms in total. The van der Waals surface area contributed by atoms with Crippen molar-refractivity contribution in [2.24, 2.45) is 0 Å². The molecule has 0 saturated carbocycles. The van der Waals surface area contributed by atoms with Crippen molar-refractivity contribution in [3.8, 4) is 11.5 Å². The number of rotatable bonds is 7. The molecule has 0 atom stereocenters. The Morgan fingerprint density at radius 2 is 1.67 bits per heavy atom. The Kier molecular flexibility index (Phi) is 6.78. The topological polar surface area (TPSA) is 114 Å². The molecule has 0 spiro atoms. The van der Waals surface area contributed by atoms with Gasteiger partial charge in [0.25, 0.3) is 11.8 Å². The number of para-hydroxylation sites is 2. The summed E-state index contributed by atoms with van der Waals surface area (Å²) in [4.78, 5) is 24.2. The molecule has 2 aromatic rings. The van der Waals surface area contributed by atoms with E-state index in [1.165, 1.54) is 16.4 Å². The minimum absolute atomic E-state index is 0.123. The monoisotopic (exact) mass is 433 g/mol. The number of ether oxygens (including phenoxy) is 2. The first-order valence-corrected chi connectivity index (χ1v) is 11.1. The fraction of sp³-hybridized carbons (Fsp3) is 0.300. The molecule has 2 aromatic carbocycles. The molecule has 0 aromatic heterocycles. The Balaban J connectivity index is 1.50. The van der Waals surface area contributed by atoms with Crippen LogP contribution in [0.2, 0.25) is 0 Å². The summed E-state index contributed by atoms with van der Waals surface area (Å²) in [6.45, 7) is 2.42. The Hall–Kier alpha value is -3.27. The summed E-state index contributed by atoms with van der Waals surface area (Å²) in [7, 11) is -3.28. The van der Waals surface area contributed by atoms with Crippen LogP contribution in [0.25, 0.3) is 0 Å². The second kappa shape index (κ2) is 9.49. The summed E-state index contributed by atoms with van der Waals surface area (Å²) in [6.07, 6.45) is 0.577. The Bertz CT molecular complexity index is 1010. The van der Waals surface area contributed by atoms with E-state index < -0.39 is 21.8 Å². The maximum absolute atomic E-state index is 12.2. The van der Waals surface area contributed by atoms with Crippen molar-refractivity contribution in [3.63, 3.8) is 0 Å². The molecular formula is C20H23N3O6S. The lowest BCUT2D eigenvalue weighted by atomic mass is 10.2. The Morgan fingerprint density at radius 1 is 1.00 bits per heavy atom.